The fourth-order valence-electron chi connectivity index (χ4n) is 1.86. The fourth-order valence-corrected chi connectivity index (χ4v) is 1.86. The molecule has 1 atom stereocenters. The van der Waals surface area contributed by atoms with Crippen molar-refractivity contribution in [3.8, 4) is 0 Å². The summed E-state index contributed by atoms with van der Waals surface area (Å²) in [6.45, 7) is 0. The number of para-hydroxylation sites is 1. The topological polar surface area (TPSA) is 96.2 Å². The van der Waals surface area contributed by atoms with Crippen LogP contribution in [0.25, 0.3) is 0 Å². The highest BCUT2D eigenvalue weighted by molar-refractivity contribution is 5.91. The number of benzene rings is 2. The molecule has 3 amide bonds. The Hall–Kier alpha value is -2.57. The molecule has 0 saturated heterocycles. The highest BCUT2D eigenvalue weighted by atomic mass is 35.5. The lowest BCUT2D eigenvalue weighted by Crippen LogP contribution is -2.51. The molecule has 0 radical (unpaired) electrons. The van der Waals surface area contributed by atoms with Gasteiger partial charge in [-0.15, -0.1) is 12.4 Å². The van der Waals surface area contributed by atoms with Crippen molar-refractivity contribution in [1.29, 1.82) is 0 Å². The van der Waals surface area contributed by atoms with E-state index < -0.39 is 18.0 Å². The summed E-state index contributed by atoms with van der Waals surface area (Å²) in [6, 6.07) is 17.1. The van der Waals surface area contributed by atoms with Gasteiger partial charge in [0.2, 0.25) is 0 Å². The molecule has 0 spiro atoms. The van der Waals surface area contributed by atoms with Crippen molar-refractivity contribution in [2.45, 2.75) is 12.5 Å². The zero-order valence-corrected chi connectivity index (χ0v) is 13.2. The summed E-state index contributed by atoms with van der Waals surface area (Å²) in [4.78, 5) is 23.4. The number of carbonyl (C=O) groups is 2. The van der Waals surface area contributed by atoms with Crippen LogP contribution in [0, 0.1) is 0 Å². The quantitative estimate of drug-likeness (QED) is 0.642. The zero-order chi connectivity index (χ0) is 15.8. The van der Waals surface area contributed by atoms with Crippen LogP contribution in [0.3, 0.4) is 0 Å². The predicted molar refractivity (Wildman–Crippen MR) is 92.1 cm³/mol. The van der Waals surface area contributed by atoms with E-state index in [1.165, 1.54) is 0 Å². The highest BCUT2D eigenvalue weighted by Gasteiger charge is 2.14. The standard InChI is InChI=1S/C16H18N4O2.ClH/c17-14(11-12-7-3-1-4-8-12)15(21)19-20-16(22)18-13-9-5-2-6-10-13;/h1-10,14H,11,17H2,(H,19,21)(H2,18,20,22);1H. The molecule has 6 nitrogen and oxygen atoms in total. The van der Waals surface area contributed by atoms with Crippen molar-refractivity contribution < 1.29 is 9.59 Å². The Morgan fingerprint density at radius 1 is 0.913 bits per heavy atom. The SMILES string of the molecule is Cl.NC(Cc1ccccc1)C(=O)NNC(=O)Nc1ccccc1. The summed E-state index contributed by atoms with van der Waals surface area (Å²) in [5, 5.41) is 2.58. The first-order valence-corrected chi connectivity index (χ1v) is 6.86. The molecule has 2 rings (SSSR count). The van der Waals surface area contributed by atoms with Gasteiger partial charge in [0.15, 0.2) is 0 Å². The van der Waals surface area contributed by atoms with Crippen molar-refractivity contribution >= 4 is 30.0 Å². The smallest absolute Gasteiger partial charge is 0.320 e. The van der Waals surface area contributed by atoms with Gasteiger partial charge in [0.1, 0.15) is 0 Å². The first-order valence-electron chi connectivity index (χ1n) is 6.86. The van der Waals surface area contributed by atoms with Crippen LogP contribution < -0.4 is 21.9 Å². The van der Waals surface area contributed by atoms with E-state index in [9.17, 15) is 9.59 Å². The summed E-state index contributed by atoms with van der Waals surface area (Å²) < 4.78 is 0. The summed E-state index contributed by atoms with van der Waals surface area (Å²) >= 11 is 0. The number of hydrazine groups is 1. The molecule has 23 heavy (non-hydrogen) atoms. The number of nitrogens with two attached hydrogens (primary N) is 1. The Kier molecular flexibility index (Phi) is 7.59. The third kappa shape index (κ3) is 6.37. The maximum atomic E-state index is 11.8. The number of urea groups is 1. The van der Waals surface area contributed by atoms with E-state index in [4.69, 9.17) is 5.73 Å². The van der Waals surface area contributed by atoms with Crippen molar-refractivity contribution in [2.24, 2.45) is 5.73 Å². The fraction of sp³-hybridized carbons (Fsp3) is 0.125. The van der Waals surface area contributed by atoms with Crippen LogP contribution in [-0.2, 0) is 11.2 Å². The van der Waals surface area contributed by atoms with Crippen LogP contribution in [0.15, 0.2) is 60.7 Å². The van der Waals surface area contributed by atoms with Gasteiger partial charge in [0.05, 0.1) is 6.04 Å². The van der Waals surface area contributed by atoms with E-state index >= 15 is 0 Å². The second kappa shape index (κ2) is 9.45. The molecule has 0 aliphatic rings. The molecule has 0 saturated carbocycles. The molecule has 0 aliphatic carbocycles. The van der Waals surface area contributed by atoms with E-state index in [-0.39, 0.29) is 12.4 Å². The number of hydrogen-bond acceptors (Lipinski definition) is 3. The zero-order valence-electron chi connectivity index (χ0n) is 12.4. The second-order valence-corrected chi connectivity index (χ2v) is 4.73. The number of nitrogens with one attached hydrogen (secondary N) is 3. The van der Waals surface area contributed by atoms with E-state index in [0.717, 1.165) is 5.56 Å². The molecule has 122 valence electrons. The molecule has 1 unspecified atom stereocenters. The van der Waals surface area contributed by atoms with Gasteiger partial charge >= 0.3 is 6.03 Å². The van der Waals surface area contributed by atoms with Crippen LogP contribution in [0.5, 0.6) is 0 Å². The first kappa shape index (κ1) is 18.5. The maximum Gasteiger partial charge on any atom is 0.337 e. The van der Waals surface area contributed by atoms with Crippen molar-refractivity contribution in [2.75, 3.05) is 5.32 Å². The van der Waals surface area contributed by atoms with E-state index in [0.29, 0.717) is 12.1 Å². The van der Waals surface area contributed by atoms with Gasteiger partial charge in [-0.1, -0.05) is 48.5 Å². The minimum absolute atomic E-state index is 0. The van der Waals surface area contributed by atoms with Crippen LogP contribution in [0.1, 0.15) is 5.56 Å². The van der Waals surface area contributed by atoms with Gasteiger partial charge < -0.3 is 11.1 Å². The summed E-state index contributed by atoms with van der Waals surface area (Å²) in [5.74, 6) is -0.452. The molecule has 0 aromatic heterocycles. The minimum atomic E-state index is -0.737. The van der Waals surface area contributed by atoms with Crippen LogP contribution in [0.4, 0.5) is 10.5 Å². The molecular weight excluding hydrogens is 316 g/mol. The van der Waals surface area contributed by atoms with Crippen LogP contribution >= 0.6 is 12.4 Å². The summed E-state index contributed by atoms with van der Waals surface area (Å²) in [7, 11) is 0. The van der Waals surface area contributed by atoms with Crippen LogP contribution in [-0.4, -0.2) is 18.0 Å². The molecule has 0 fully saturated rings. The lowest BCUT2D eigenvalue weighted by molar-refractivity contribution is -0.123. The van der Waals surface area contributed by atoms with Gasteiger partial charge in [-0.05, 0) is 24.1 Å². The Labute approximate surface area is 140 Å². The number of hydrogen-bond donors (Lipinski definition) is 4. The largest absolute Gasteiger partial charge is 0.337 e. The summed E-state index contributed by atoms with van der Waals surface area (Å²) in [6.07, 6.45) is 0.397. The molecular formula is C16H19ClN4O2. The third-order valence-electron chi connectivity index (χ3n) is 2.97. The molecule has 2 aromatic rings. The lowest BCUT2D eigenvalue weighted by Gasteiger charge is -2.13. The number of halogens is 1. The lowest BCUT2D eigenvalue weighted by atomic mass is 10.1. The van der Waals surface area contributed by atoms with E-state index in [1.54, 1.807) is 24.3 Å². The molecule has 0 bridgehead atoms. The Morgan fingerprint density at radius 3 is 2.09 bits per heavy atom. The average Bonchev–Trinajstić information content (AvgIpc) is 2.54. The van der Waals surface area contributed by atoms with Crippen molar-refractivity contribution in [1.82, 2.24) is 10.9 Å². The van der Waals surface area contributed by atoms with Crippen molar-refractivity contribution in [3.63, 3.8) is 0 Å². The minimum Gasteiger partial charge on any atom is -0.320 e. The highest BCUT2D eigenvalue weighted by Crippen LogP contribution is 2.04. The van der Waals surface area contributed by atoms with Gasteiger partial charge in [-0.3, -0.25) is 10.2 Å². The normalized spacial score (nSPS) is 10.8. The molecule has 0 heterocycles. The molecule has 5 N–H and O–H groups in total. The van der Waals surface area contributed by atoms with Gasteiger partial charge in [-0.2, -0.15) is 0 Å². The Morgan fingerprint density at radius 2 is 1.48 bits per heavy atom. The third-order valence-corrected chi connectivity index (χ3v) is 2.97. The number of carbonyl (C=O) groups excluding carboxylic acids is 2. The van der Waals surface area contributed by atoms with Crippen LogP contribution in [0.2, 0.25) is 0 Å². The van der Waals surface area contributed by atoms with Crippen molar-refractivity contribution in [3.05, 3.63) is 66.2 Å². The predicted octanol–water partition coefficient (Wildman–Crippen LogP) is 1.83. The van der Waals surface area contributed by atoms with E-state index in [2.05, 4.69) is 16.2 Å². The van der Waals surface area contributed by atoms with Gasteiger partial charge in [-0.25, -0.2) is 10.2 Å². The number of amides is 3. The molecule has 2 aromatic carbocycles. The van der Waals surface area contributed by atoms with Gasteiger partial charge in [0.25, 0.3) is 5.91 Å². The van der Waals surface area contributed by atoms with Gasteiger partial charge in [0, 0.05) is 5.69 Å². The Balaban J connectivity index is 0.00000264. The molecule has 7 heteroatoms. The molecule has 0 aliphatic heterocycles. The second-order valence-electron chi connectivity index (χ2n) is 4.73. The van der Waals surface area contributed by atoms with E-state index in [1.807, 2.05) is 36.4 Å². The average molecular weight is 335 g/mol. The monoisotopic (exact) mass is 334 g/mol. The maximum absolute atomic E-state index is 11.8. The number of anilines is 1. The number of rotatable bonds is 4. The summed E-state index contributed by atoms with van der Waals surface area (Å²) in [5.41, 5.74) is 12.0. The first-order chi connectivity index (χ1) is 10.6. The Bertz CT molecular complexity index is 622.